The molecule has 0 aromatic heterocycles. The van der Waals surface area contributed by atoms with Gasteiger partial charge in [-0.15, -0.1) is 0 Å². The van der Waals surface area contributed by atoms with E-state index in [9.17, 15) is 9.18 Å². The molecule has 0 saturated carbocycles. The van der Waals surface area contributed by atoms with Crippen LogP contribution in [-0.4, -0.2) is 12.0 Å². The molecule has 0 unspecified atom stereocenters. The molecule has 3 heteroatoms. The molecule has 3 rings (SSSR count). The van der Waals surface area contributed by atoms with Crippen LogP contribution >= 0.6 is 0 Å². The SMILES string of the molecule is O=C(Cc1ccccc1)c1ccccc1/N=C/c1ccc(F)cc1. The number of aliphatic imine (C=N–C) groups is 1. The maximum atomic E-state index is 12.9. The lowest BCUT2D eigenvalue weighted by molar-refractivity contribution is 0.0993. The van der Waals surface area contributed by atoms with Crippen LogP contribution in [0.15, 0.2) is 83.9 Å². The summed E-state index contributed by atoms with van der Waals surface area (Å²) in [7, 11) is 0. The largest absolute Gasteiger partial charge is 0.294 e. The van der Waals surface area contributed by atoms with Crippen LogP contribution in [0.3, 0.4) is 0 Å². The molecule has 0 bridgehead atoms. The van der Waals surface area contributed by atoms with Gasteiger partial charge in [-0.2, -0.15) is 0 Å². The molecule has 118 valence electrons. The van der Waals surface area contributed by atoms with E-state index in [-0.39, 0.29) is 11.6 Å². The lowest BCUT2D eigenvalue weighted by atomic mass is 10.0. The number of halogens is 1. The van der Waals surface area contributed by atoms with Gasteiger partial charge < -0.3 is 0 Å². The number of nitrogens with zero attached hydrogens (tertiary/aromatic N) is 1. The highest BCUT2D eigenvalue weighted by Gasteiger charge is 2.10. The van der Waals surface area contributed by atoms with Gasteiger partial charge in [0.1, 0.15) is 5.82 Å². The average Bonchev–Trinajstić information content (AvgIpc) is 2.62. The standard InChI is InChI=1S/C21H16FNO/c22-18-12-10-17(11-13-18)15-23-20-9-5-4-8-19(20)21(24)14-16-6-2-1-3-7-16/h1-13,15H,14H2/b23-15+. The average molecular weight is 317 g/mol. The first-order chi connectivity index (χ1) is 11.7. The Morgan fingerprint density at radius 2 is 1.54 bits per heavy atom. The minimum absolute atomic E-state index is 0.0213. The summed E-state index contributed by atoms with van der Waals surface area (Å²) in [5.41, 5.74) is 2.95. The summed E-state index contributed by atoms with van der Waals surface area (Å²) in [6.07, 6.45) is 1.97. The van der Waals surface area contributed by atoms with Crippen molar-refractivity contribution in [2.45, 2.75) is 6.42 Å². The number of ketones is 1. The zero-order valence-electron chi connectivity index (χ0n) is 13.0. The van der Waals surface area contributed by atoms with Crippen molar-refractivity contribution in [2.75, 3.05) is 0 Å². The molecule has 0 radical (unpaired) electrons. The molecule has 0 aliphatic rings. The Kier molecular flexibility index (Phi) is 4.92. The molecule has 0 heterocycles. The van der Waals surface area contributed by atoms with Crippen LogP contribution in [0.2, 0.25) is 0 Å². The summed E-state index contributed by atoms with van der Waals surface area (Å²) in [5, 5.41) is 0. The quantitative estimate of drug-likeness (QED) is 0.481. The fourth-order valence-electron chi connectivity index (χ4n) is 2.39. The summed E-state index contributed by atoms with van der Waals surface area (Å²) in [6.45, 7) is 0. The maximum Gasteiger partial charge on any atom is 0.169 e. The molecule has 3 aromatic carbocycles. The number of hydrogen-bond donors (Lipinski definition) is 0. The Labute approximate surface area is 140 Å². The zero-order chi connectivity index (χ0) is 16.8. The molecule has 24 heavy (non-hydrogen) atoms. The second-order valence-corrected chi connectivity index (χ2v) is 5.41. The van der Waals surface area contributed by atoms with E-state index in [0.717, 1.165) is 11.1 Å². The van der Waals surface area contributed by atoms with E-state index in [0.29, 0.717) is 17.7 Å². The number of carbonyl (C=O) groups excluding carboxylic acids is 1. The second kappa shape index (κ2) is 7.47. The van der Waals surface area contributed by atoms with Gasteiger partial charge in [0.2, 0.25) is 0 Å². The lowest BCUT2D eigenvalue weighted by Gasteiger charge is -2.05. The Bertz CT molecular complexity index is 855. The monoisotopic (exact) mass is 317 g/mol. The predicted molar refractivity (Wildman–Crippen MR) is 94.6 cm³/mol. The van der Waals surface area contributed by atoms with E-state index in [1.165, 1.54) is 12.1 Å². The van der Waals surface area contributed by atoms with Gasteiger partial charge in [0.15, 0.2) is 5.78 Å². The summed E-state index contributed by atoms with van der Waals surface area (Å²) in [6, 6.07) is 22.9. The number of carbonyl (C=O) groups is 1. The van der Waals surface area contributed by atoms with Gasteiger partial charge in [0, 0.05) is 18.2 Å². The van der Waals surface area contributed by atoms with Crippen molar-refractivity contribution in [3.63, 3.8) is 0 Å². The Balaban J connectivity index is 1.82. The Morgan fingerprint density at radius 1 is 0.875 bits per heavy atom. The minimum atomic E-state index is -0.286. The van der Waals surface area contributed by atoms with Gasteiger partial charge in [-0.05, 0) is 35.4 Å². The van der Waals surface area contributed by atoms with Crippen LogP contribution in [-0.2, 0) is 6.42 Å². The van der Waals surface area contributed by atoms with Gasteiger partial charge in [0.05, 0.1) is 5.69 Å². The molecule has 0 aliphatic heterocycles. The highest BCUT2D eigenvalue weighted by molar-refractivity contribution is 6.02. The molecule has 0 saturated heterocycles. The fraction of sp³-hybridized carbons (Fsp3) is 0.0476. The normalized spacial score (nSPS) is 10.9. The second-order valence-electron chi connectivity index (χ2n) is 5.41. The van der Waals surface area contributed by atoms with Crippen LogP contribution in [0.25, 0.3) is 0 Å². The topological polar surface area (TPSA) is 29.4 Å². The minimum Gasteiger partial charge on any atom is -0.294 e. The molecule has 2 nitrogen and oxygen atoms in total. The van der Waals surface area contributed by atoms with Crippen molar-refractivity contribution in [3.8, 4) is 0 Å². The molecule has 0 spiro atoms. The molecule has 0 aliphatic carbocycles. The Hall–Kier alpha value is -3.07. The van der Waals surface area contributed by atoms with Crippen LogP contribution in [0.5, 0.6) is 0 Å². The third-order valence-electron chi connectivity index (χ3n) is 3.63. The fourth-order valence-corrected chi connectivity index (χ4v) is 2.39. The van der Waals surface area contributed by atoms with E-state index < -0.39 is 0 Å². The van der Waals surface area contributed by atoms with Gasteiger partial charge in [0.25, 0.3) is 0 Å². The van der Waals surface area contributed by atoms with Gasteiger partial charge in [-0.25, -0.2) is 4.39 Å². The van der Waals surface area contributed by atoms with Crippen molar-refractivity contribution >= 4 is 17.7 Å². The smallest absolute Gasteiger partial charge is 0.169 e. The van der Waals surface area contributed by atoms with Crippen molar-refractivity contribution in [2.24, 2.45) is 4.99 Å². The molecule has 0 fully saturated rings. The first-order valence-corrected chi connectivity index (χ1v) is 7.68. The van der Waals surface area contributed by atoms with E-state index in [2.05, 4.69) is 4.99 Å². The first-order valence-electron chi connectivity index (χ1n) is 7.68. The van der Waals surface area contributed by atoms with E-state index >= 15 is 0 Å². The summed E-state index contributed by atoms with van der Waals surface area (Å²) in [5.74, 6) is -0.265. The van der Waals surface area contributed by atoms with E-state index in [1.807, 2.05) is 42.5 Å². The summed E-state index contributed by atoms with van der Waals surface area (Å²) in [4.78, 5) is 17.0. The molecule has 0 N–H and O–H groups in total. The molecular formula is C21H16FNO. The van der Waals surface area contributed by atoms with Crippen molar-refractivity contribution < 1.29 is 9.18 Å². The van der Waals surface area contributed by atoms with Crippen molar-refractivity contribution in [3.05, 3.63) is 101 Å². The zero-order valence-corrected chi connectivity index (χ0v) is 13.0. The van der Waals surface area contributed by atoms with Crippen LogP contribution in [0.4, 0.5) is 10.1 Å². The number of Topliss-reactive ketones (excluding diaryl/α,β-unsaturated/α-hetero) is 1. The molecule has 3 aromatic rings. The van der Waals surface area contributed by atoms with Crippen LogP contribution in [0.1, 0.15) is 21.5 Å². The number of benzene rings is 3. The Morgan fingerprint density at radius 3 is 2.29 bits per heavy atom. The predicted octanol–water partition coefficient (Wildman–Crippen LogP) is 5.00. The highest BCUT2D eigenvalue weighted by atomic mass is 19.1. The number of rotatable bonds is 5. The third-order valence-corrected chi connectivity index (χ3v) is 3.63. The van der Waals surface area contributed by atoms with Gasteiger partial charge in [-0.3, -0.25) is 9.79 Å². The van der Waals surface area contributed by atoms with E-state index in [4.69, 9.17) is 0 Å². The number of hydrogen-bond acceptors (Lipinski definition) is 2. The van der Waals surface area contributed by atoms with E-state index in [1.54, 1.807) is 30.5 Å². The van der Waals surface area contributed by atoms with Gasteiger partial charge in [-0.1, -0.05) is 54.6 Å². The van der Waals surface area contributed by atoms with Gasteiger partial charge >= 0.3 is 0 Å². The summed E-state index contributed by atoms with van der Waals surface area (Å²) >= 11 is 0. The first kappa shape index (κ1) is 15.8. The third kappa shape index (κ3) is 4.02. The lowest BCUT2D eigenvalue weighted by Crippen LogP contribution is -2.03. The highest BCUT2D eigenvalue weighted by Crippen LogP contribution is 2.21. The van der Waals surface area contributed by atoms with Crippen LogP contribution in [0, 0.1) is 5.82 Å². The number of para-hydroxylation sites is 1. The molecular weight excluding hydrogens is 301 g/mol. The summed E-state index contributed by atoms with van der Waals surface area (Å²) < 4.78 is 12.9. The molecule has 0 amide bonds. The van der Waals surface area contributed by atoms with Crippen LogP contribution < -0.4 is 0 Å². The maximum absolute atomic E-state index is 12.9. The van der Waals surface area contributed by atoms with Crippen molar-refractivity contribution in [1.29, 1.82) is 0 Å². The van der Waals surface area contributed by atoms with Crippen molar-refractivity contribution in [1.82, 2.24) is 0 Å². The molecule has 0 atom stereocenters.